The van der Waals surface area contributed by atoms with E-state index in [2.05, 4.69) is 21.0 Å². The van der Waals surface area contributed by atoms with Crippen molar-refractivity contribution in [2.24, 2.45) is 0 Å². The number of rotatable bonds is 16. The van der Waals surface area contributed by atoms with Crippen molar-refractivity contribution in [3.8, 4) is 0 Å². The molecule has 0 unspecified atom stereocenters. The summed E-state index contributed by atoms with van der Waals surface area (Å²) in [7, 11) is 0.633. The Hall–Kier alpha value is -0.170. The van der Waals surface area contributed by atoms with Crippen LogP contribution in [0.4, 0.5) is 0 Å². The topological polar surface area (TPSA) is 84.4 Å². The van der Waals surface area contributed by atoms with Crippen molar-refractivity contribution >= 4 is 10.1 Å². The molecule has 0 rings (SSSR count). The van der Waals surface area contributed by atoms with Crippen molar-refractivity contribution in [1.29, 1.82) is 0 Å². The average Bonchev–Trinajstić information content (AvgIpc) is 2.45. The van der Waals surface area contributed by atoms with Gasteiger partial charge >= 0.3 is 0 Å². The Labute approximate surface area is 150 Å². The number of quaternary nitrogens is 1. The van der Waals surface area contributed by atoms with E-state index in [1.54, 1.807) is 0 Å². The summed E-state index contributed by atoms with van der Waals surface area (Å²) in [6.07, 6.45) is 15.0. The average molecular weight is 368 g/mol. The highest BCUT2D eigenvalue weighted by Gasteiger charge is 2.14. The second-order valence-electron chi connectivity index (χ2n) is 7.56. The number of unbranched alkanes of at least 4 members (excludes halogenated alkanes) is 10. The summed E-state index contributed by atoms with van der Waals surface area (Å²) >= 11 is 0. The highest BCUT2D eigenvalue weighted by atomic mass is 32.2. The molecule has 0 spiro atoms. The van der Waals surface area contributed by atoms with Gasteiger partial charge in [-0.3, -0.25) is 4.55 Å². The third-order valence-electron chi connectivity index (χ3n) is 4.53. The maximum atomic E-state index is 10.7. The molecule has 0 fully saturated rings. The number of hydrogen-bond acceptors (Lipinski definition) is 3. The van der Waals surface area contributed by atoms with Crippen LogP contribution in [0.3, 0.4) is 0 Å². The molecular formula is C18H41NO4S. The van der Waals surface area contributed by atoms with Crippen LogP contribution in [0.1, 0.15) is 84.0 Å². The number of hydrogen-bond donors (Lipinski definition) is 1. The van der Waals surface area contributed by atoms with Gasteiger partial charge in [0, 0.05) is 0 Å². The molecule has 0 saturated heterocycles. The molecule has 0 aliphatic rings. The van der Waals surface area contributed by atoms with Gasteiger partial charge in [-0.15, -0.1) is 0 Å². The minimum atomic E-state index is -3.79. The maximum Gasteiger partial charge on any atom is 0.264 e. The lowest BCUT2D eigenvalue weighted by Gasteiger charge is -2.29. The van der Waals surface area contributed by atoms with Gasteiger partial charge in [0.1, 0.15) is 0 Å². The minimum absolute atomic E-state index is 0. The predicted octanol–water partition coefficient (Wildman–Crippen LogP) is 4.47. The Morgan fingerprint density at radius 3 is 1.50 bits per heavy atom. The Morgan fingerprint density at radius 2 is 1.08 bits per heavy atom. The minimum Gasteiger partial charge on any atom is -0.870 e. The first-order chi connectivity index (χ1) is 10.8. The van der Waals surface area contributed by atoms with Gasteiger partial charge in [0.05, 0.1) is 32.9 Å². The first-order valence-electron chi connectivity index (χ1n) is 9.54. The van der Waals surface area contributed by atoms with Gasteiger partial charge in [-0.1, -0.05) is 58.3 Å². The summed E-state index contributed by atoms with van der Waals surface area (Å²) in [6, 6.07) is 0. The highest BCUT2D eigenvalue weighted by molar-refractivity contribution is 7.85. The zero-order valence-corrected chi connectivity index (χ0v) is 17.0. The third kappa shape index (κ3) is 19.9. The second-order valence-corrected chi connectivity index (χ2v) is 9.13. The van der Waals surface area contributed by atoms with Crippen LogP contribution in [-0.2, 0) is 10.1 Å². The van der Waals surface area contributed by atoms with E-state index in [4.69, 9.17) is 4.55 Å². The van der Waals surface area contributed by atoms with Crippen molar-refractivity contribution in [3.63, 3.8) is 0 Å². The van der Waals surface area contributed by atoms with E-state index < -0.39 is 10.1 Å². The Bertz CT molecular complexity index is 369. The molecule has 0 aromatic heterocycles. The van der Waals surface area contributed by atoms with E-state index in [0.29, 0.717) is 6.42 Å². The monoisotopic (exact) mass is 367 g/mol. The lowest BCUT2D eigenvalue weighted by atomic mass is 10.1. The summed E-state index contributed by atoms with van der Waals surface area (Å²) < 4.78 is 31.0. The molecule has 148 valence electrons. The molecule has 5 nitrogen and oxygen atoms in total. The van der Waals surface area contributed by atoms with Crippen molar-refractivity contribution < 1.29 is 22.9 Å². The molecule has 0 aliphatic carbocycles. The standard InChI is InChI=1S/C18H39NO3S.H2O/c1-4-5-6-7-8-9-10-11-12-13-16-19(2,3)17-14-15-18-23(20,21)22;/h4-18H2,1-3H3;1H2. The van der Waals surface area contributed by atoms with Gasteiger partial charge in [0.25, 0.3) is 10.1 Å². The van der Waals surface area contributed by atoms with Crippen LogP contribution in [0.2, 0.25) is 0 Å². The van der Waals surface area contributed by atoms with Crippen LogP contribution in [0, 0.1) is 0 Å². The molecule has 2 N–H and O–H groups in total. The van der Waals surface area contributed by atoms with E-state index in [-0.39, 0.29) is 11.2 Å². The largest absolute Gasteiger partial charge is 0.870 e. The highest BCUT2D eigenvalue weighted by Crippen LogP contribution is 2.12. The maximum absolute atomic E-state index is 10.7. The second kappa shape index (κ2) is 15.1. The molecule has 0 aromatic rings. The molecular weight excluding hydrogens is 326 g/mol. The third-order valence-corrected chi connectivity index (χ3v) is 5.34. The Balaban J connectivity index is 0. The van der Waals surface area contributed by atoms with Gasteiger partial charge in [-0.2, -0.15) is 8.42 Å². The molecule has 0 aromatic carbocycles. The first-order valence-corrected chi connectivity index (χ1v) is 11.1. The summed E-state index contributed by atoms with van der Waals surface area (Å²) in [5, 5.41) is 0. The smallest absolute Gasteiger partial charge is 0.264 e. The molecule has 6 heteroatoms. The quantitative estimate of drug-likeness (QED) is 0.248. The normalized spacial score (nSPS) is 12.2. The molecule has 0 amide bonds. The van der Waals surface area contributed by atoms with E-state index in [1.165, 1.54) is 64.2 Å². The summed E-state index contributed by atoms with van der Waals surface area (Å²) in [6.45, 7) is 4.39. The molecule has 0 aliphatic heterocycles. The van der Waals surface area contributed by atoms with Gasteiger partial charge < -0.3 is 9.96 Å². The Kier molecular flexibility index (Phi) is 16.4. The van der Waals surface area contributed by atoms with E-state index in [1.807, 2.05) is 0 Å². The van der Waals surface area contributed by atoms with Crippen LogP contribution in [0.25, 0.3) is 0 Å². The molecule has 0 heterocycles. The van der Waals surface area contributed by atoms with E-state index >= 15 is 0 Å². The van der Waals surface area contributed by atoms with Gasteiger partial charge in [0.15, 0.2) is 0 Å². The number of nitrogens with zero attached hydrogens (tertiary/aromatic N) is 1. The summed E-state index contributed by atoms with van der Waals surface area (Å²) in [5.41, 5.74) is 0. The lowest BCUT2D eigenvalue weighted by molar-refractivity contribution is -0.890. The van der Waals surface area contributed by atoms with Crippen molar-refractivity contribution in [2.45, 2.75) is 84.0 Å². The fraction of sp³-hybridized carbons (Fsp3) is 1.00. The van der Waals surface area contributed by atoms with Gasteiger partial charge in [-0.05, 0) is 25.7 Å². The summed E-state index contributed by atoms with van der Waals surface area (Å²) in [4.78, 5) is 0. The van der Waals surface area contributed by atoms with Crippen molar-refractivity contribution in [3.05, 3.63) is 0 Å². The first kappa shape index (κ1) is 26.1. The SMILES string of the molecule is CCCCCCCCCCCC[N+](C)(C)CCCCS(=O)(=O)O.[OH-]. The fourth-order valence-corrected chi connectivity index (χ4v) is 3.53. The van der Waals surface area contributed by atoms with Crippen LogP contribution in [0.15, 0.2) is 0 Å². The zero-order valence-electron chi connectivity index (χ0n) is 16.2. The van der Waals surface area contributed by atoms with Gasteiger partial charge in [0.2, 0.25) is 0 Å². The predicted molar refractivity (Wildman–Crippen MR) is 101 cm³/mol. The fourth-order valence-electron chi connectivity index (χ4n) is 2.96. The lowest BCUT2D eigenvalue weighted by Crippen LogP contribution is -2.41. The molecule has 24 heavy (non-hydrogen) atoms. The van der Waals surface area contributed by atoms with E-state index in [0.717, 1.165) is 24.0 Å². The molecule has 0 bridgehead atoms. The van der Waals surface area contributed by atoms with Crippen LogP contribution < -0.4 is 0 Å². The van der Waals surface area contributed by atoms with Crippen molar-refractivity contribution in [2.75, 3.05) is 32.9 Å². The van der Waals surface area contributed by atoms with Crippen LogP contribution >= 0.6 is 0 Å². The molecule has 0 saturated carbocycles. The van der Waals surface area contributed by atoms with Crippen LogP contribution in [0.5, 0.6) is 0 Å². The van der Waals surface area contributed by atoms with E-state index in [9.17, 15) is 8.42 Å². The van der Waals surface area contributed by atoms with Gasteiger partial charge in [-0.25, -0.2) is 0 Å². The van der Waals surface area contributed by atoms with Crippen LogP contribution in [-0.4, -0.2) is 55.9 Å². The van der Waals surface area contributed by atoms with Crippen molar-refractivity contribution in [1.82, 2.24) is 0 Å². The zero-order chi connectivity index (χ0) is 17.6. The Morgan fingerprint density at radius 1 is 0.708 bits per heavy atom. The molecule has 0 atom stereocenters. The summed E-state index contributed by atoms with van der Waals surface area (Å²) in [5.74, 6) is -0.106. The molecule has 0 radical (unpaired) electrons.